The molecule has 0 aliphatic carbocycles. The van der Waals surface area contributed by atoms with Crippen molar-refractivity contribution in [3.63, 3.8) is 0 Å². The van der Waals surface area contributed by atoms with Crippen LogP contribution in [0.2, 0.25) is 0 Å². The number of phenols is 2. The van der Waals surface area contributed by atoms with Gasteiger partial charge < -0.3 is 20.2 Å². The van der Waals surface area contributed by atoms with Crippen molar-refractivity contribution in [3.05, 3.63) is 107 Å². The topological polar surface area (TPSA) is 93.9 Å². The quantitative estimate of drug-likeness (QED) is 0.145. The van der Waals surface area contributed by atoms with Gasteiger partial charge in [-0.15, -0.1) is 11.8 Å². The molecule has 3 aromatic carbocycles. The van der Waals surface area contributed by atoms with E-state index >= 15 is 0 Å². The van der Waals surface area contributed by atoms with Gasteiger partial charge >= 0.3 is 0 Å². The largest absolute Gasteiger partial charge is 0.508 e. The maximum Gasteiger partial charge on any atom is 0.252 e. The Hall–Kier alpha value is -4.09. The molecule has 3 N–H and O–H groups in total. The first kappa shape index (κ1) is 27.5. The molecule has 2 heterocycles. The normalized spacial score (nSPS) is 17.6. The number of rotatable bonds is 7. The zero-order valence-electron chi connectivity index (χ0n) is 20.9. The van der Waals surface area contributed by atoms with Crippen molar-refractivity contribution in [3.8, 4) is 22.6 Å². The SMILES string of the molecule is Cc1nc(F)c(F)c(F)c1-c1ccc(N2C(=O)[C@H](SC[C@H](O)c3ccc(F)cc3)[C@H]2c2ccc(O)cc2O)cc1. The minimum Gasteiger partial charge on any atom is -0.508 e. The molecule has 0 spiro atoms. The number of hydrogen-bond acceptors (Lipinski definition) is 6. The summed E-state index contributed by atoms with van der Waals surface area (Å²) in [5.41, 5.74) is 1.17. The minimum absolute atomic E-state index is 0.0488. The Labute approximate surface area is 230 Å². The Morgan fingerprint density at radius 1 is 0.950 bits per heavy atom. The molecule has 1 fully saturated rings. The number of anilines is 1. The Morgan fingerprint density at radius 3 is 2.27 bits per heavy atom. The molecule has 1 aliphatic heterocycles. The van der Waals surface area contributed by atoms with E-state index in [1.807, 2.05) is 0 Å². The van der Waals surface area contributed by atoms with Gasteiger partial charge in [0, 0.05) is 28.6 Å². The molecular formula is C29H22F4N2O4S. The van der Waals surface area contributed by atoms with Crippen LogP contribution in [0.3, 0.4) is 0 Å². The van der Waals surface area contributed by atoms with Crippen LogP contribution in [0.25, 0.3) is 11.1 Å². The number of aryl methyl sites for hydroxylation is 1. The van der Waals surface area contributed by atoms with E-state index in [1.165, 1.54) is 72.5 Å². The Kier molecular flexibility index (Phi) is 7.43. The maximum absolute atomic E-state index is 14.5. The highest BCUT2D eigenvalue weighted by Crippen LogP contribution is 2.49. The van der Waals surface area contributed by atoms with Crippen LogP contribution in [-0.2, 0) is 4.79 Å². The third-order valence-electron chi connectivity index (χ3n) is 6.72. The van der Waals surface area contributed by atoms with Crippen LogP contribution in [0.1, 0.15) is 29.0 Å². The van der Waals surface area contributed by atoms with Gasteiger partial charge in [0.05, 0.1) is 17.8 Å². The van der Waals surface area contributed by atoms with Crippen molar-refractivity contribution >= 4 is 23.4 Å². The van der Waals surface area contributed by atoms with E-state index in [1.54, 1.807) is 0 Å². The zero-order chi connectivity index (χ0) is 28.7. The third kappa shape index (κ3) is 4.98. The highest BCUT2D eigenvalue weighted by atomic mass is 32.2. The van der Waals surface area contributed by atoms with Crippen LogP contribution in [0, 0.1) is 30.3 Å². The van der Waals surface area contributed by atoms with E-state index in [0.29, 0.717) is 16.8 Å². The first-order valence-electron chi connectivity index (χ1n) is 12.1. The molecule has 6 nitrogen and oxygen atoms in total. The van der Waals surface area contributed by atoms with Crippen molar-refractivity contribution in [1.29, 1.82) is 0 Å². The molecule has 1 amide bonds. The lowest BCUT2D eigenvalue weighted by molar-refractivity contribution is -0.123. The maximum atomic E-state index is 14.5. The summed E-state index contributed by atoms with van der Waals surface area (Å²) in [4.78, 5) is 18.2. The first-order chi connectivity index (χ1) is 19.1. The van der Waals surface area contributed by atoms with E-state index in [0.717, 1.165) is 17.8 Å². The van der Waals surface area contributed by atoms with E-state index in [-0.39, 0.29) is 40.0 Å². The minimum atomic E-state index is -1.69. The average molecular weight is 571 g/mol. The number of amides is 1. The number of thioether (sulfide) groups is 1. The molecule has 5 rings (SSSR count). The van der Waals surface area contributed by atoms with Gasteiger partial charge in [0.25, 0.3) is 5.95 Å². The van der Waals surface area contributed by atoms with Crippen LogP contribution in [0.4, 0.5) is 23.2 Å². The molecule has 3 atom stereocenters. The van der Waals surface area contributed by atoms with Gasteiger partial charge in [-0.1, -0.05) is 24.3 Å². The number of pyridine rings is 1. The summed E-state index contributed by atoms with van der Waals surface area (Å²) in [6.07, 6.45) is -0.983. The van der Waals surface area contributed by atoms with Gasteiger partial charge in [0.2, 0.25) is 11.7 Å². The summed E-state index contributed by atoms with van der Waals surface area (Å²) < 4.78 is 55.1. The zero-order valence-corrected chi connectivity index (χ0v) is 21.7. The summed E-state index contributed by atoms with van der Waals surface area (Å²) in [6, 6.07) is 14.6. The fourth-order valence-corrected chi connectivity index (χ4v) is 6.00. The van der Waals surface area contributed by atoms with Crippen LogP contribution in [-0.4, -0.2) is 37.2 Å². The van der Waals surface area contributed by atoms with Crippen LogP contribution >= 0.6 is 11.8 Å². The number of β-lactam (4-membered cyclic amide) rings is 1. The molecule has 1 saturated heterocycles. The van der Waals surface area contributed by atoms with E-state index < -0.39 is 40.8 Å². The number of carbonyl (C=O) groups excluding carboxylic acids is 1. The number of aromatic hydroxyl groups is 2. The van der Waals surface area contributed by atoms with Crippen molar-refractivity contribution in [1.82, 2.24) is 4.98 Å². The molecule has 40 heavy (non-hydrogen) atoms. The van der Waals surface area contributed by atoms with Gasteiger partial charge in [-0.25, -0.2) is 13.8 Å². The fraction of sp³-hybridized carbons (Fsp3) is 0.172. The summed E-state index contributed by atoms with van der Waals surface area (Å²) in [6.45, 7) is 1.35. The number of aliphatic hydroxyl groups excluding tert-OH is 1. The second kappa shape index (κ2) is 10.8. The van der Waals surface area contributed by atoms with Crippen molar-refractivity contribution < 1.29 is 37.7 Å². The van der Waals surface area contributed by atoms with E-state index in [2.05, 4.69) is 4.98 Å². The predicted octanol–water partition coefficient (Wildman–Crippen LogP) is 5.95. The lowest BCUT2D eigenvalue weighted by Crippen LogP contribution is -2.57. The number of benzene rings is 3. The molecule has 0 saturated carbocycles. The van der Waals surface area contributed by atoms with E-state index in [9.17, 15) is 37.7 Å². The Morgan fingerprint density at radius 2 is 1.62 bits per heavy atom. The molecule has 11 heteroatoms. The first-order valence-corrected chi connectivity index (χ1v) is 13.1. The molecule has 0 bridgehead atoms. The molecule has 206 valence electrons. The smallest absolute Gasteiger partial charge is 0.252 e. The molecule has 1 aliphatic rings. The second-order valence-electron chi connectivity index (χ2n) is 9.26. The van der Waals surface area contributed by atoms with E-state index in [4.69, 9.17) is 0 Å². The van der Waals surface area contributed by atoms with Crippen molar-refractivity contribution in [2.45, 2.75) is 24.3 Å². The fourth-order valence-electron chi connectivity index (χ4n) is 4.71. The van der Waals surface area contributed by atoms with Crippen LogP contribution < -0.4 is 4.90 Å². The molecular weight excluding hydrogens is 548 g/mol. The molecule has 4 aromatic rings. The van der Waals surface area contributed by atoms with Gasteiger partial charge in [0.1, 0.15) is 22.6 Å². The number of carbonyl (C=O) groups is 1. The highest BCUT2D eigenvalue weighted by Gasteiger charge is 2.50. The average Bonchev–Trinajstić information content (AvgIpc) is 2.92. The number of aromatic nitrogens is 1. The monoisotopic (exact) mass is 570 g/mol. The third-order valence-corrected chi connectivity index (χ3v) is 8.05. The predicted molar refractivity (Wildman–Crippen MR) is 142 cm³/mol. The Balaban J connectivity index is 1.44. The number of hydrogen-bond donors (Lipinski definition) is 3. The van der Waals surface area contributed by atoms with Gasteiger partial charge in [0.15, 0.2) is 5.82 Å². The summed E-state index contributed by atoms with van der Waals surface area (Å²) in [5, 5.41) is 30.2. The van der Waals surface area contributed by atoms with Crippen LogP contribution in [0.15, 0.2) is 66.7 Å². The summed E-state index contributed by atoms with van der Waals surface area (Å²) in [7, 11) is 0. The van der Waals surface area contributed by atoms with Gasteiger partial charge in [-0.2, -0.15) is 8.78 Å². The van der Waals surface area contributed by atoms with Gasteiger partial charge in [-0.05, 0) is 54.4 Å². The molecule has 0 unspecified atom stereocenters. The molecule has 1 aromatic heterocycles. The molecule has 0 radical (unpaired) electrons. The summed E-state index contributed by atoms with van der Waals surface area (Å²) in [5.74, 6) is -5.68. The summed E-state index contributed by atoms with van der Waals surface area (Å²) >= 11 is 1.16. The number of phenolic OH excluding ortho intramolecular Hbond substituents is 2. The highest BCUT2D eigenvalue weighted by molar-refractivity contribution is 8.00. The van der Waals surface area contributed by atoms with Crippen molar-refractivity contribution in [2.24, 2.45) is 0 Å². The van der Waals surface area contributed by atoms with Crippen molar-refractivity contribution in [2.75, 3.05) is 10.7 Å². The van der Waals surface area contributed by atoms with Gasteiger partial charge in [-0.3, -0.25) is 4.79 Å². The number of nitrogens with zero attached hydrogens (tertiary/aromatic N) is 2. The number of aliphatic hydroxyl groups is 1. The standard InChI is InChI=1S/C29H22F4N2O4S/c1-14-23(24(31)25(32)28(33)34-14)16-4-8-18(9-5-16)35-26(20-11-10-19(36)12-21(20)37)27(29(35)39)40-13-22(38)15-2-6-17(30)7-3-15/h2-12,22,26-27,36-38H,13H2,1H3/t22-,26+,27+/m0/s1. The second-order valence-corrected chi connectivity index (χ2v) is 10.4. The number of halogens is 4. The van der Waals surface area contributed by atoms with Crippen LogP contribution in [0.5, 0.6) is 11.5 Å². The Bertz CT molecular complexity index is 1580. The lowest BCUT2D eigenvalue weighted by atomic mass is 9.91. The lowest BCUT2D eigenvalue weighted by Gasteiger charge is -2.47.